The van der Waals surface area contributed by atoms with Crippen LogP contribution in [-0.4, -0.2) is 33.5 Å². The van der Waals surface area contributed by atoms with Gasteiger partial charge in [0.25, 0.3) is 5.91 Å². The third-order valence-corrected chi connectivity index (χ3v) is 3.82. The summed E-state index contributed by atoms with van der Waals surface area (Å²) in [5.41, 5.74) is 1.01. The van der Waals surface area contributed by atoms with Crippen molar-refractivity contribution in [3.63, 3.8) is 0 Å². The van der Waals surface area contributed by atoms with Crippen molar-refractivity contribution in [2.45, 2.75) is 13.3 Å². The van der Waals surface area contributed by atoms with E-state index in [1.807, 2.05) is 6.07 Å². The summed E-state index contributed by atoms with van der Waals surface area (Å²) in [6.07, 6.45) is -0.0153. The summed E-state index contributed by atoms with van der Waals surface area (Å²) in [5.74, 6) is -1.58. The molecule has 9 heteroatoms. The maximum Gasteiger partial charge on any atom is 0.254 e. The van der Waals surface area contributed by atoms with Crippen LogP contribution in [0.25, 0.3) is 11.4 Å². The highest BCUT2D eigenvalue weighted by Gasteiger charge is 2.13. The number of carbonyl (C=O) groups is 2. The molecule has 0 spiro atoms. The van der Waals surface area contributed by atoms with Crippen LogP contribution in [0.1, 0.15) is 22.6 Å². The first kappa shape index (κ1) is 19.2. The van der Waals surface area contributed by atoms with Crippen LogP contribution < -0.4 is 10.6 Å². The summed E-state index contributed by atoms with van der Waals surface area (Å²) < 4.78 is 26.4. The predicted molar refractivity (Wildman–Crippen MR) is 98.5 cm³/mol. The van der Waals surface area contributed by atoms with Crippen molar-refractivity contribution in [2.75, 3.05) is 11.9 Å². The highest BCUT2D eigenvalue weighted by molar-refractivity contribution is 5.95. The Labute approximate surface area is 159 Å². The molecule has 0 bridgehead atoms. The zero-order valence-electron chi connectivity index (χ0n) is 14.9. The van der Waals surface area contributed by atoms with E-state index in [1.165, 1.54) is 0 Å². The van der Waals surface area contributed by atoms with Crippen molar-refractivity contribution >= 4 is 17.5 Å². The first-order chi connectivity index (χ1) is 13.4. The van der Waals surface area contributed by atoms with Crippen LogP contribution in [0.5, 0.6) is 0 Å². The number of aromatic nitrogens is 3. The van der Waals surface area contributed by atoms with E-state index in [-0.39, 0.29) is 24.4 Å². The van der Waals surface area contributed by atoms with Crippen molar-refractivity contribution in [1.29, 1.82) is 0 Å². The summed E-state index contributed by atoms with van der Waals surface area (Å²) in [4.78, 5) is 28.2. The number of amides is 2. The molecule has 0 aliphatic rings. The quantitative estimate of drug-likeness (QED) is 0.607. The van der Waals surface area contributed by atoms with Crippen molar-refractivity contribution in [3.05, 3.63) is 65.5 Å². The lowest BCUT2D eigenvalue weighted by molar-refractivity contribution is -0.116. The van der Waals surface area contributed by atoms with Crippen LogP contribution in [0.3, 0.4) is 0 Å². The number of carbonyl (C=O) groups excluding carboxylic acids is 2. The van der Waals surface area contributed by atoms with E-state index < -0.39 is 17.5 Å². The van der Waals surface area contributed by atoms with E-state index in [0.29, 0.717) is 23.4 Å². The predicted octanol–water partition coefficient (Wildman–Crippen LogP) is 2.82. The topological polar surface area (TPSA) is 99.8 Å². The number of hydrogen-bond acceptors (Lipinski definition) is 4. The van der Waals surface area contributed by atoms with Crippen LogP contribution in [0.15, 0.2) is 42.5 Å². The van der Waals surface area contributed by atoms with Gasteiger partial charge in [-0.3, -0.25) is 14.7 Å². The van der Waals surface area contributed by atoms with Gasteiger partial charge in [-0.25, -0.2) is 13.8 Å². The molecular weight excluding hydrogens is 368 g/mol. The number of aryl methyl sites for hydroxylation is 1. The maximum absolute atomic E-state index is 13.6. The second kappa shape index (κ2) is 8.38. The van der Waals surface area contributed by atoms with E-state index in [2.05, 4.69) is 25.8 Å². The molecule has 0 radical (unpaired) electrons. The lowest BCUT2D eigenvalue weighted by atomic mass is 10.2. The van der Waals surface area contributed by atoms with Crippen LogP contribution in [0, 0.1) is 18.6 Å². The Kier molecular flexibility index (Phi) is 5.73. The molecule has 3 rings (SSSR count). The number of hydrogen-bond donors (Lipinski definition) is 3. The summed E-state index contributed by atoms with van der Waals surface area (Å²) in [7, 11) is 0. The summed E-state index contributed by atoms with van der Waals surface area (Å²) >= 11 is 0. The lowest BCUT2D eigenvalue weighted by Crippen LogP contribution is -2.28. The Morgan fingerprint density at radius 3 is 2.68 bits per heavy atom. The summed E-state index contributed by atoms with van der Waals surface area (Å²) in [6, 6.07) is 9.69. The number of nitrogens with one attached hydrogen (secondary N) is 3. The SMILES string of the molecule is Cc1nc(-c2cccc(NC(=O)CCNC(=O)c3ccc(F)cc3F)c2)n[nH]1. The van der Waals surface area contributed by atoms with Gasteiger partial charge in [0.1, 0.15) is 17.5 Å². The molecule has 1 aromatic heterocycles. The van der Waals surface area contributed by atoms with Gasteiger partial charge in [0.2, 0.25) is 5.91 Å². The Bertz CT molecular complexity index is 1020. The van der Waals surface area contributed by atoms with Crippen LogP contribution >= 0.6 is 0 Å². The minimum atomic E-state index is -0.957. The number of halogens is 2. The Morgan fingerprint density at radius 2 is 1.96 bits per heavy atom. The van der Waals surface area contributed by atoms with Crippen molar-refractivity contribution in [2.24, 2.45) is 0 Å². The average Bonchev–Trinajstić information content (AvgIpc) is 3.08. The van der Waals surface area contributed by atoms with E-state index in [9.17, 15) is 18.4 Å². The van der Waals surface area contributed by atoms with Gasteiger partial charge in [0, 0.05) is 30.3 Å². The molecule has 1 heterocycles. The Balaban J connectivity index is 1.52. The second-order valence-electron chi connectivity index (χ2n) is 6.00. The van der Waals surface area contributed by atoms with Crippen LogP contribution in [0.4, 0.5) is 14.5 Å². The molecule has 28 heavy (non-hydrogen) atoms. The third-order valence-electron chi connectivity index (χ3n) is 3.82. The normalized spacial score (nSPS) is 10.5. The third kappa shape index (κ3) is 4.76. The van der Waals surface area contributed by atoms with Gasteiger partial charge >= 0.3 is 0 Å². The molecule has 0 aliphatic heterocycles. The second-order valence-corrected chi connectivity index (χ2v) is 6.00. The zero-order chi connectivity index (χ0) is 20.1. The zero-order valence-corrected chi connectivity index (χ0v) is 14.9. The van der Waals surface area contributed by atoms with Gasteiger partial charge in [-0.15, -0.1) is 0 Å². The minimum absolute atomic E-state index is 0.00128. The van der Waals surface area contributed by atoms with E-state index in [0.717, 1.165) is 17.7 Å². The molecule has 2 amide bonds. The first-order valence-corrected chi connectivity index (χ1v) is 8.45. The number of aromatic amines is 1. The van der Waals surface area contributed by atoms with Gasteiger partial charge in [-0.1, -0.05) is 12.1 Å². The van der Waals surface area contributed by atoms with Crippen molar-refractivity contribution in [1.82, 2.24) is 20.5 Å². The molecule has 7 nitrogen and oxygen atoms in total. The monoisotopic (exact) mass is 385 g/mol. The van der Waals surface area contributed by atoms with Crippen LogP contribution in [-0.2, 0) is 4.79 Å². The van der Waals surface area contributed by atoms with Crippen molar-refractivity contribution in [3.8, 4) is 11.4 Å². The van der Waals surface area contributed by atoms with Gasteiger partial charge in [0.05, 0.1) is 5.56 Å². The molecule has 0 saturated carbocycles. The summed E-state index contributed by atoms with van der Waals surface area (Å²) in [6.45, 7) is 1.79. The number of H-pyrrole nitrogens is 1. The largest absolute Gasteiger partial charge is 0.351 e. The fourth-order valence-electron chi connectivity index (χ4n) is 2.49. The molecule has 0 unspecified atom stereocenters. The van der Waals surface area contributed by atoms with Crippen molar-refractivity contribution < 1.29 is 18.4 Å². The molecule has 0 aliphatic carbocycles. The van der Waals surface area contributed by atoms with Gasteiger partial charge in [-0.2, -0.15) is 5.10 Å². The van der Waals surface area contributed by atoms with E-state index >= 15 is 0 Å². The molecule has 144 valence electrons. The average molecular weight is 385 g/mol. The highest BCUT2D eigenvalue weighted by Crippen LogP contribution is 2.19. The Morgan fingerprint density at radius 1 is 1.14 bits per heavy atom. The van der Waals surface area contributed by atoms with Crippen LogP contribution in [0.2, 0.25) is 0 Å². The standard InChI is InChI=1S/C19H17F2N5O2/c1-11-23-18(26-25-11)12-3-2-4-14(9-12)24-17(27)7-8-22-19(28)15-6-5-13(20)10-16(15)21/h2-6,9-10H,7-8H2,1H3,(H,22,28)(H,24,27)(H,23,25,26). The number of nitrogens with zero attached hydrogens (tertiary/aromatic N) is 2. The smallest absolute Gasteiger partial charge is 0.254 e. The molecular formula is C19H17F2N5O2. The Hall–Kier alpha value is -3.62. The van der Waals surface area contributed by atoms with Gasteiger partial charge < -0.3 is 10.6 Å². The molecule has 2 aromatic carbocycles. The number of benzene rings is 2. The maximum atomic E-state index is 13.6. The first-order valence-electron chi connectivity index (χ1n) is 8.45. The lowest BCUT2D eigenvalue weighted by Gasteiger charge is -2.08. The molecule has 0 fully saturated rings. The molecule has 0 saturated heterocycles. The van der Waals surface area contributed by atoms with Gasteiger partial charge in [0.15, 0.2) is 5.82 Å². The fraction of sp³-hybridized carbons (Fsp3) is 0.158. The van der Waals surface area contributed by atoms with E-state index in [4.69, 9.17) is 0 Å². The fourth-order valence-corrected chi connectivity index (χ4v) is 2.49. The highest BCUT2D eigenvalue weighted by atomic mass is 19.1. The molecule has 0 atom stereocenters. The molecule has 3 N–H and O–H groups in total. The minimum Gasteiger partial charge on any atom is -0.351 e. The number of anilines is 1. The molecule has 3 aromatic rings. The number of rotatable bonds is 6. The summed E-state index contributed by atoms with van der Waals surface area (Å²) in [5, 5.41) is 12.0. The van der Waals surface area contributed by atoms with E-state index in [1.54, 1.807) is 25.1 Å². The van der Waals surface area contributed by atoms with Gasteiger partial charge in [-0.05, 0) is 31.2 Å².